The number of halogens is 1. The number of nitrogen functional groups attached to an aromatic ring is 1. The second kappa shape index (κ2) is 5.93. The van der Waals surface area contributed by atoms with Crippen molar-refractivity contribution in [2.75, 3.05) is 25.4 Å². The van der Waals surface area contributed by atoms with Gasteiger partial charge in [0.25, 0.3) is 5.91 Å². The molecule has 5 nitrogen and oxygen atoms in total. The number of carbonyl (C=O) groups excluding carboxylic acids is 2. The largest absolute Gasteiger partial charge is 0.399 e. The maximum Gasteiger partial charge on any atom is 0.253 e. The summed E-state index contributed by atoms with van der Waals surface area (Å²) in [6.45, 7) is 1.55. The number of anilines is 1. The first-order valence-electron chi connectivity index (χ1n) is 6.19. The topological polar surface area (TPSA) is 75.4 Å². The lowest BCUT2D eigenvalue weighted by Crippen LogP contribution is -2.38. The van der Waals surface area contributed by atoms with Crippen LogP contribution in [0.5, 0.6) is 0 Å². The molecular weight excluding hydrogens is 266 g/mol. The number of hydrogen-bond donors (Lipinski definition) is 2. The van der Waals surface area contributed by atoms with Gasteiger partial charge in [-0.1, -0.05) is 11.6 Å². The lowest BCUT2D eigenvalue weighted by atomic mass is 10.2. The molecule has 1 aliphatic rings. The van der Waals surface area contributed by atoms with E-state index in [1.165, 1.54) is 6.07 Å². The van der Waals surface area contributed by atoms with Crippen molar-refractivity contribution in [1.29, 1.82) is 0 Å². The van der Waals surface area contributed by atoms with Crippen molar-refractivity contribution in [1.82, 2.24) is 10.2 Å². The van der Waals surface area contributed by atoms with E-state index in [-0.39, 0.29) is 23.4 Å². The van der Waals surface area contributed by atoms with Crippen molar-refractivity contribution in [3.63, 3.8) is 0 Å². The third kappa shape index (κ3) is 3.38. The molecule has 0 radical (unpaired) electrons. The molecule has 0 atom stereocenters. The number of amides is 2. The van der Waals surface area contributed by atoms with Crippen LogP contribution in [0.3, 0.4) is 0 Å². The summed E-state index contributed by atoms with van der Waals surface area (Å²) < 4.78 is 0. The average molecular weight is 282 g/mol. The van der Waals surface area contributed by atoms with E-state index >= 15 is 0 Å². The minimum Gasteiger partial charge on any atom is -0.399 e. The molecule has 1 aliphatic heterocycles. The van der Waals surface area contributed by atoms with Crippen molar-refractivity contribution >= 4 is 29.1 Å². The number of nitrogens with one attached hydrogen (secondary N) is 1. The summed E-state index contributed by atoms with van der Waals surface area (Å²) >= 11 is 5.93. The second-order valence-electron chi connectivity index (χ2n) is 4.51. The predicted molar refractivity (Wildman–Crippen MR) is 74.0 cm³/mol. The van der Waals surface area contributed by atoms with Crippen LogP contribution in [0.15, 0.2) is 18.2 Å². The molecule has 1 saturated heterocycles. The van der Waals surface area contributed by atoms with Crippen LogP contribution in [-0.2, 0) is 4.79 Å². The minimum absolute atomic E-state index is 0.000458. The van der Waals surface area contributed by atoms with E-state index in [0.29, 0.717) is 11.3 Å². The van der Waals surface area contributed by atoms with Gasteiger partial charge in [0.2, 0.25) is 5.91 Å². The van der Waals surface area contributed by atoms with Gasteiger partial charge in [0, 0.05) is 18.8 Å². The van der Waals surface area contributed by atoms with Gasteiger partial charge in [-0.25, -0.2) is 0 Å². The zero-order chi connectivity index (χ0) is 13.8. The highest BCUT2D eigenvalue weighted by Gasteiger charge is 2.19. The minimum atomic E-state index is -0.363. The van der Waals surface area contributed by atoms with E-state index in [2.05, 4.69) is 5.32 Å². The van der Waals surface area contributed by atoms with E-state index in [1.54, 1.807) is 17.0 Å². The fourth-order valence-electron chi connectivity index (χ4n) is 2.04. The van der Waals surface area contributed by atoms with Crippen molar-refractivity contribution in [2.45, 2.75) is 12.8 Å². The Labute approximate surface area is 116 Å². The Morgan fingerprint density at radius 3 is 2.63 bits per heavy atom. The molecule has 1 heterocycles. The molecule has 0 aliphatic carbocycles. The number of hydrogen-bond acceptors (Lipinski definition) is 3. The standard InChI is InChI=1S/C13H16ClN3O2/c14-11-7-9(15)3-4-10(11)13(19)16-8-12(18)17-5-1-2-6-17/h3-4,7H,1-2,5-6,8,15H2,(H,16,19). The van der Waals surface area contributed by atoms with Crippen LogP contribution in [0, 0.1) is 0 Å². The lowest BCUT2D eigenvalue weighted by molar-refractivity contribution is -0.129. The molecular formula is C13H16ClN3O2. The molecule has 1 aromatic carbocycles. The van der Waals surface area contributed by atoms with Gasteiger partial charge in [-0.2, -0.15) is 0 Å². The van der Waals surface area contributed by atoms with Crippen LogP contribution < -0.4 is 11.1 Å². The fourth-order valence-corrected chi connectivity index (χ4v) is 2.32. The molecule has 2 amide bonds. The molecule has 102 valence electrons. The van der Waals surface area contributed by atoms with Gasteiger partial charge in [-0.15, -0.1) is 0 Å². The van der Waals surface area contributed by atoms with Crippen molar-refractivity contribution in [3.05, 3.63) is 28.8 Å². The van der Waals surface area contributed by atoms with Crippen LogP contribution in [0.2, 0.25) is 5.02 Å². The molecule has 1 fully saturated rings. The van der Waals surface area contributed by atoms with Crippen LogP contribution in [0.25, 0.3) is 0 Å². The van der Waals surface area contributed by atoms with E-state index in [9.17, 15) is 9.59 Å². The Morgan fingerprint density at radius 2 is 2.00 bits per heavy atom. The second-order valence-corrected chi connectivity index (χ2v) is 4.92. The summed E-state index contributed by atoms with van der Waals surface area (Å²) in [5.41, 5.74) is 6.37. The number of nitrogens with two attached hydrogens (primary N) is 1. The Balaban J connectivity index is 1.92. The smallest absolute Gasteiger partial charge is 0.253 e. The SMILES string of the molecule is Nc1ccc(C(=O)NCC(=O)N2CCCC2)c(Cl)c1. The molecule has 0 spiro atoms. The lowest BCUT2D eigenvalue weighted by Gasteiger charge is -2.15. The van der Waals surface area contributed by atoms with Crippen LogP contribution in [0.4, 0.5) is 5.69 Å². The van der Waals surface area contributed by atoms with Crippen LogP contribution in [0.1, 0.15) is 23.2 Å². The molecule has 0 bridgehead atoms. The first kappa shape index (κ1) is 13.7. The molecule has 2 rings (SSSR count). The summed E-state index contributed by atoms with van der Waals surface area (Å²) in [5, 5.41) is 2.86. The molecule has 19 heavy (non-hydrogen) atoms. The summed E-state index contributed by atoms with van der Waals surface area (Å²) in [5.74, 6) is -0.421. The van der Waals surface area contributed by atoms with Crippen molar-refractivity contribution < 1.29 is 9.59 Å². The molecule has 6 heteroatoms. The van der Waals surface area contributed by atoms with Gasteiger partial charge < -0.3 is 16.0 Å². The van der Waals surface area contributed by atoms with Crippen LogP contribution >= 0.6 is 11.6 Å². The summed E-state index contributed by atoms with van der Waals surface area (Å²) in [6.07, 6.45) is 2.06. The van der Waals surface area contributed by atoms with Gasteiger partial charge in [-0.3, -0.25) is 9.59 Å². The van der Waals surface area contributed by atoms with Crippen molar-refractivity contribution in [2.24, 2.45) is 0 Å². The predicted octanol–water partition coefficient (Wildman–Crippen LogP) is 1.27. The number of likely N-dealkylation sites (tertiary alicyclic amines) is 1. The third-order valence-corrected chi connectivity index (χ3v) is 3.41. The van der Waals surface area contributed by atoms with E-state index in [0.717, 1.165) is 25.9 Å². The van der Waals surface area contributed by atoms with Gasteiger partial charge in [-0.05, 0) is 31.0 Å². The van der Waals surface area contributed by atoms with E-state index in [4.69, 9.17) is 17.3 Å². The maximum atomic E-state index is 11.9. The van der Waals surface area contributed by atoms with Crippen LogP contribution in [-0.4, -0.2) is 36.3 Å². The highest BCUT2D eigenvalue weighted by Crippen LogP contribution is 2.18. The molecule has 0 unspecified atom stereocenters. The molecule has 1 aromatic rings. The normalized spacial score (nSPS) is 14.5. The Hall–Kier alpha value is -1.75. The Morgan fingerprint density at radius 1 is 1.32 bits per heavy atom. The first-order valence-corrected chi connectivity index (χ1v) is 6.57. The zero-order valence-electron chi connectivity index (χ0n) is 10.5. The molecule has 0 aromatic heterocycles. The van der Waals surface area contributed by atoms with Gasteiger partial charge in [0.15, 0.2) is 0 Å². The number of rotatable bonds is 3. The molecule has 3 N–H and O–H groups in total. The van der Waals surface area contributed by atoms with E-state index < -0.39 is 0 Å². The first-order chi connectivity index (χ1) is 9.08. The van der Waals surface area contributed by atoms with Gasteiger partial charge in [0.1, 0.15) is 0 Å². The summed E-state index contributed by atoms with van der Waals surface area (Å²) in [7, 11) is 0. The van der Waals surface area contributed by atoms with Crippen molar-refractivity contribution in [3.8, 4) is 0 Å². The number of nitrogens with zero attached hydrogens (tertiary/aromatic N) is 1. The summed E-state index contributed by atoms with van der Waals surface area (Å²) in [6, 6.07) is 4.66. The average Bonchev–Trinajstić information content (AvgIpc) is 2.89. The number of carbonyl (C=O) groups is 2. The summed E-state index contributed by atoms with van der Waals surface area (Å²) in [4.78, 5) is 25.4. The highest BCUT2D eigenvalue weighted by atomic mass is 35.5. The molecule has 0 saturated carbocycles. The Bertz CT molecular complexity index is 499. The third-order valence-electron chi connectivity index (χ3n) is 3.10. The Kier molecular flexibility index (Phi) is 4.27. The highest BCUT2D eigenvalue weighted by molar-refractivity contribution is 6.34. The number of benzene rings is 1. The van der Waals surface area contributed by atoms with Gasteiger partial charge >= 0.3 is 0 Å². The maximum absolute atomic E-state index is 11.9. The monoisotopic (exact) mass is 281 g/mol. The zero-order valence-corrected chi connectivity index (χ0v) is 11.2. The van der Waals surface area contributed by atoms with Gasteiger partial charge in [0.05, 0.1) is 17.1 Å². The quantitative estimate of drug-likeness (QED) is 0.820. The van der Waals surface area contributed by atoms with E-state index in [1.807, 2.05) is 0 Å². The fraction of sp³-hybridized carbons (Fsp3) is 0.385.